The predicted octanol–water partition coefficient (Wildman–Crippen LogP) is 3.61. The van der Waals surface area contributed by atoms with Gasteiger partial charge in [0.05, 0.1) is 21.7 Å². The van der Waals surface area contributed by atoms with Crippen molar-refractivity contribution in [2.24, 2.45) is 5.92 Å². The van der Waals surface area contributed by atoms with Gasteiger partial charge in [-0.05, 0) is 18.6 Å². The van der Waals surface area contributed by atoms with Crippen LogP contribution in [0.3, 0.4) is 0 Å². The van der Waals surface area contributed by atoms with Crippen molar-refractivity contribution in [3.05, 3.63) is 41.9 Å². The van der Waals surface area contributed by atoms with Gasteiger partial charge in [0.1, 0.15) is 5.52 Å². The molecule has 3 rings (SSSR count). The molecule has 23 heavy (non-hydrogen) atoms. The molecule has 1 atom stereocenters. The standard InChI is InChI=1S/C15H11F3N2O2S/c1-2-9-10(4-3-5-12(9)23-21)13-20-11-6-8(15(16,17)18)7-19-14(11)22-13/h3-7,9H,2H2,1H3. The topological polar surface area (TPSA) is 56.0 Å². The van der Waals surface area contributed by atoms with Gasteiger partial charge in [-0.25, -0.2) is 14.2 Å². The van der Waals surface area contributed by atoms with Gasteiger partial charge in [-0.15, -0.1) is 0 Å². The van der Waals surface area contributed by atoms with E-state index in [1.807, 2.05) is 6.92 Å². The van der Waals surface area contributed by atoms with Crippen LogP contribution in [0.5, 0.6) is 0 Å². The van der Waals surface area contributed by atoms with Crippen LogP contribution >= 0.6 is 0 Å². The Bertz CT molecular complexity index is 876. The normalized spacial score (nSPS) is 18.3. The third kappa shape index (κ3) is 2.86. The second-order valence-corrected chi connectivity index (χ2v) is 5.63. The van der Waals surface area contributed by atoms with Crippen molar-refractivity contribution in [2.75, 3.05) is 0 Å². The van der Waals surface area contributed by atoms with E-state index in [1.54, 1.807) is 18.2 Å². The molecule has 0 spiro atoms. The van der Waals surface area contributed by atoms with E-state index in [0.29, 0.717) is 28.1 Å². The summed E-state index contributed by atoms with van der Waals surface area (Å²) in [7, 11) is 0. The smallest absolute Gasteiger partial charge is 0.417 e. The zero-order valence-corrected chi connectivity index (χ0v) is 12.7. The summed E-state index contributed by atoms with van der Waals surface area (Å²) in [5, 5.41) is 0. The van der Waals surface area contributed by atoms with Crippen molar-refractivity contribution < 1.29 is 21.8 Å². The summed E-state index contributed by atoms with van der Waals surface area (Å²) in [4.78, 5) is 8.43. The number of oxazole rings is 1. The maximum Gasteiger partial charge on any atom is 0.417 e. The molecule has 8 heteroatoms. The monoisotopic (exact) mass is 340 g/mol. The molecule has 0 radical (unpaired) electrons. The predicted molar refractivity (Wildman–Crippen MR) is 80.9 cm³/mol. The van der Waals surface area contributed by atoms with E-state index >= 15 is 0 Å². The number of aromatic nitrogens is 2. The summed E-state index contributed by atoms with van der Waals surface area (Å²) in [5.74, 6) is 0.00669. The molecule has 2 aromatic rings. The molecule has 0 bridgehead atoms. The van der Waals surface area contributed by atoms with Crippen molar-refractivity contribution in [1.29, 1.82) is 0 Å². The fraction of sp³-hybridized carbons (Fsp3) is 0.267. The van der Waals surface area contributed by atoms with Gasteiger partial charge in [0.2, 0.25) is 11.6 Å². The summed E-state index contributed by atoms with van der Waals surface area (Å²) in [6.07, 6.45) is 2.06. The highest BCUT2D eigenvalue weighted by atomic mass is 32.1. The summed E-state index contributed by atoms with van der Waals surface area (Å²) >= 11 is 0.395. The first-order chi connectivity index (χ1) is 10.9. The minimum atomic E-state index is -4.49. The number of nitrogens with zero attached hydrogens (tertiary/aromatic N) is 2. The maximum atomic E-state index is 12.7. The quantitative estimate of drug-likeness (QED) is 0.784. The van der Waals surface area contributed by atoms with E-state index in [-0.39, 0.29) is 23.0 Å². The molecule has 1 aliphatic rings. The number of fused-ring (bicyclic) bond motifs is 1. The fourth-order valence-corrected chi connectivity index (χ4v) is 3.01. The first-order valence-electron chi connectivity index (χ1n) is 6.83. The summed E-state index contributed by atoms with van der Waals surface area (Å²) in [5.41, 5.74) is -0.136. The van der Waals surface area contributed by atoms with E-state index < -0.39 is 11.7 Å². The third-order valence-corrected chi connectivity index (χ3v) is 4.19. The van der Waals surface area contributed by atoms with Gasteiger partial charge in [-0.1, -0.05) is 19.1 Å². The van der Waals surface area contributed by atoms with Crippen molar-refractivity contribution in [3.8, 4) is 0 Å². The van der Waals surface area contributed by atoms with Gasteiger partial charge in [-0.3, -0.25) is 0 Å². The average Bonchev–Trinajstić information content (AvgIpc) is 2.95. The van der Waals surface area contributed by atoms with Crippen LogP contribution in [0.25, 0.3) is 16.8 Å². The summed E-state index contributed by atoms with van der Waals surface area (Å²) < 4.78 is 54.8. The lowest BCUT2D eigenvalue weighted by atomic mass is 9.89. The second-order valence-electron chi connectivity index (χ2n) is 4.99. The maximum absolute atomic E-state index is 12.7. The van der Waals surface area contributed by atoms with E-state index in [0.717, 1.165) is 12.3 Å². The Labute approximate surface area is 132 Å². The number of rotatable bonds is 2. The van der Waals surface area contributed by atoms with Crippen LogP contribution in [0.15, 0.2) is 34.9 Å². The highest BCUT2D eigenvalue weighted by Gasteiger charge is 2.32. The minimum absolute atomic E-state index is 0.0367. The molecule has 0 aliphatic heterocycles. The number of allylic oxidation sites excluding steroid dienone is 4. The Morgan fingerprint density at radius 2 is 2.17 bits per heavy atom. The number of hydrogen-bond acceptors (Lipinski definition) is 4. The Hall–Kier alpha value is -2.22. The van der Waals surface area contributed by atoms with Crippen molar-refractivity contribution in [1.82, 2.24) is 9.97 Å². The molecule has 0 saturated carbocycles. The molecule has 1 aliphatic carbocycles. The van der Waals surface area contributed by atoms with Gasteiger partial charge in [0.25, 0.3) is 0 Å². The van der Waals surface area contributed by atoms with Crippen LogP contribution in [0, 0.1) is 5.92 Å². The molecule has 1 unspecified atom stereocenters. The highest BCUT2D eigenvalue weighted by molar-refractivity contribution is 7.67. The molecule has 0 N–H and O–H groups in total. The van der Waals surface area contributed by atoms with E-state index in [1.165, 1.54) is 0 Å². The van der Waals surface area contributed by atoms with Crippen molar-refractivity contribution in [2.45, 2.75) is 19.5 Å². The summed E-state index contributed by atoms with van der Waals surface area (Å²) in [6, 6.07) is 0.905. The zero-order valence-electron chi connectivity index (χ0n) is 11.9. The van der Waals surface area contributed by atoms with E-state index in [2.05, 4.69) is 9.97 Å². The van der Waals surface area contributed by atoms with Gasteiger partial charge < -0.3 is 4.42 Å². The first kappa shape index (κ1) is 15.7. The zero-order chi connectivity index (χ0) is 16.6. The van der Waals surface area contributed by atoms with E-state index in [4.69, 9.17) is 4.42 Å². The fourth-order valence-electron chi connectivity index (χ4n) is 2.46. The SMILES string of the molecule is CCC1C(c2nc3cc(C(F)(F)F)cnc3o2)=CC=CC1=S=O. The largest absolute Gasteiger partial charge is 0.418 e. The van der Waals surface area contributed by atoms with Crippen LogP contribution in [-0.2, 0) is 17.4 Å². The van der Waals surface area contributed by atoms with Crippen LogP contribution in [0.1, 0.15) is 24.8 Å². The number of halogens is 3. The van der Waals surface area contributed by atoms with Gasteiger partial charge in [0, 0.05) is 17.7 Å². The first-order valence-corrected chi connectivity index (χ1v) is 7.57. The lowest BCUT2D eigenvalue weighted by Gasteiger charge is -2.17. The molecule has 2 aromatic heterocycles. The average molecular weight is 340 g/mol. The number of pyridine rings is 1. The van der Waals surface area contributed by atoms with Crippen LogP contribution in [0.2, 0.25) is 0 Å². The molecule has 0 saturated heterocycles. The third-order valence-electron chi connectivity index (χ3n) is 3.58. The highest BCUT2D eigenvalue weighted by Crippen LogP contribution is 2.33. The Morgan fingerprint density at radius 3 is 2.83 bits per heavy atom. The molecular formula is C15H11F3N2O2S. The molecule has 0 amide bonds. The van der Waals surface area contributed by atoms with Gasteiger partial charge >= 0.3 is 6.18 Å². The van der Waals surface area contributed by atoms with E-state index in [9.17, 15) is 17.4 Å². The number of hydrogen-bond donors (Lipinski definition) is 0. The Kier molecular flexibility index (Phi) is 3.93. The molecule has 4 nitrogen and oxygen atoms in total. The lowest BCUT2D eigenvalue weighted by Crippen LogP contribution is -2.16. The Morgan fingerprint density at radius 1 is 1.39 bits per heavy atom. The van der Waals surface area contributed by atoms with Crippen molar-refractivity contribution in [3.63, 3.8) is 0 Å². The van der Waals surface area contributed by atoms with Crippen LogP contribution in [-0.4, -0.2) is 19.0 Å². The summed E-state index contributed by atoms with van der Waals surface area (Å²) in [6.45, 7) is 1.91. The van der Waals surface area contributed by atoms with Crippen LogP contribution < -0.4 is 0 Å². The molecule has 0 fully saturated rings. The molecule has 120 valence electrons. The van der Waals surface area contributed by atoms with Gasteiger partial charge in [0.15, 0.2) is 0 Å². The molecule has 0 aromatic carbocycles. The lowest BCUT2D eigenvalue weighted by molar-refractivity contribution is -0.137. The second kappa shape index (κ2) is 5.77. The molecular weight excluding hydrogens is 329 g/mol. The molecule has 2 heterocycles. The Balaban J connectivity index is 2.08. The number of alkyl halides is 3. The minimum Gasteiger partial charge on any atom is -0.418 e. The van der Waals surface area contributed by atoms with Crippen LogP contribution in [0.4, 0.5) is 13.2 Å². The van der Waals surface area contributed by atoms with Gasteiger partial charge in [-0.2, -0.15) is 13.2 Å². The van der Waals surface area contributed by atoms with Crippen molar-refractivity contribution >= 4 is 32.9 Å².